The molecule has 1 aromatic heterocycles. The van der Waals surface area contributed by atoms with Crippen LogP contribution in [0.4, 0.5) is 10.1 Å². The zero-order valence-electron chi connectivity index (χ0n) is 16.5. The molecule has 1 N–H and O–H groups in total. The van der Waals surface area contributed by atoms with Gasteiger partial charge < -0.3 is 14.6 Å². The molecule has 0 aliphatic heterocycles. The number of nitrogens with one attached hydrogen (secondary N) is 1. The van der Waals surface area contributed by atoms with Gasteiger partial charge >= 0.3 is 0 Å². The first-order valence-electron chi connectivity index (χ1n) is 10.0. The highest BCUT2D eigenvalue weighted by Crippen LogP contribution is 2.27. The second-order valence-electron chi connectivity index (χ2n) is 7.59. The van der Waals surface area contributed by atoms with E-state index in [-0.39, 0.29) is 29.9 Å². The van der Waals surface area contributed by atoms with Crippen molar-refractivity contribution < 1.29 is 18.4 Å². The number of carbonyl (C=O) groups is 2. The van der Waals surface area contributed by atoms with Crippen molar-refractivity contribution in [2.24, 2.45) is 5.92 Å². The topological polar surface area (TPSA) is 62.6 Å². The monoisotopic (exact) mass is 406 g/mol. The summed E-state index contributed by atoms with van der Waals surface area (Å²) in [5.74, 6) is 0.165. The molecule has 30 heavy (non-hydrogen) atoms. The summed E-state index contributed by atoms with van der Waals surface area (Å²) < 4.78 is 18.9. The van der Waals surface area contributed by atoms with Crippen LogP contribution in [0.3, 0.4) is 0 Å². The molecule has 5 nitrogen and oxygen atoms in total. The fraction of sp³-hybridized carbons (Fsp3) is 0.250. The molecule has 0 radical (unpaired) electrons. The molecular weight excluding hydrogens is 383 g/mol. The van der Waals surface area contributed by atoms with Crippen LogP contribution in [0, 0.1) is 11.7 Å². The lowest BCUT2D eigenvalue weighted by atomic mass is 10.1. The van der Waals surface area contributed by atoms with Crippen molar-refractivity contribution in [3.8, 4) is 0 Å². The molecule has 154 valence electrons. The highest BCUT2D eigenvalue weighted by atomic mass is 19.1. The minimum Gasteiger partial charge on any atom is -0.459 e. The number of hydrogen-bond acceptors (Lipinski definition) is 3. The first-order valence-corrected chi connectivity index (χ1v) is 10.0. The summed E-state index contributed by atoms with van der Waals surface area (Å²) in [6.07, 6.45) is 4.12. The summed E-state index contributed by atoms with van der Waals surface area (Å²) in [4.78, 5) is 26.6. The van der Waals surface area contributed by atoms with Crippen LogP contribution in [-0.4, -0.2) is 18.4 Å². The van der Waals surface area contributed by atoms with Crippen LogP contribution in [0.1, 0.15) is 34.5 Å². The Balaban J connectivity index is 1.50. The van der Waals surface area contributed by atoms with Gasteiger partial charge in [-0.05, 0) is 66.3 Å². The SMILES string of the molecule is O=C(Cc1ccc(N(Cc2cccc(F)c2)C(=O)c2ccco2)cc1)NCC1CC1. The van der Waals surface area contributed by atoms with Crippen molar-refractivity contribution >= 4 is 17.5 Å². The van der Waals surface area contributed by atoms with Crippen molar-refractivity contribution in [1.82, 2.24) is 5.32 Å². The quantitative estimate of drug-likeness (QED) is 0.606. The Morgan fingerprint density at radius 2 is 1.83 bits per heavy atom. The van der Waals surface area contributed by atoms with Crippen LogP contribution in [-0.2, 0) is 17.8 Å². The van der Waals surface area contributed by atoms with Crippen LogP contribution < -0.4 is 10.2 Å². The van der Waals surface area contributed by atoms with Gasteiger partial charge in [0.15, 0.2) is 5.76 Å². The van der Waals surface area contributed by atoms with Crippen LogP contribution in [0.2, 0.25) is 0 Å². The maximum absolute atomic E-state index is 13.6. The highest BCUT2D eigenvalue weighted by molar-refractivity contribution is 6.04. The standard InChI is InChI=1S/C24H23FN2O3/c25-20-4-1-3-19(13-20)16-27(24(29)22-5-2-12-30-22)21-10-8-17(9-11-21)14-23(28)26-15-18-6-7-18/h1-5,8-13,18H,6-7,14-16H2,(H,26,28). The van der Waals surface area contributed by atoms with Gasteiger partial charge in [0.05, 0.1) is 19.2 Å². The molecule has 0 atom stereocenters. The second kappa shape index (κ2) is 8.95. The van der Waals surface area contributed by atoms with E-state index in [9.17, 15) is 14.0 Å². The van der Waals surface area contributed by atoms with Crippen molar-refractivity contribution in [2.45, 2.75) is 25.8 Å². The number of hydrogen-bond donors (Lipinski definition) is 1. The molecule has 2 aromatic carbocycles. The molecule has 1 aliphatic carbocycles. The molecule has 4 rings (SSSR count). The zero-order valence-corrected chi connectivity index (χ0v) is 16.5. The number of nitrogens with zero attached hydrogens (tertiary/aromatic N) is 1. The molecular formula is C24H23FN2O3. The van der Waals surface area contributed by atoms with Gasteiger partial charge in [0.2, 0.25) is 5.91 Å². The molecule has 1 aliphatic rings. The number of benzene rings is 2. The normalized spacial score (nSPS) is 13.1. The number of rotatable bonds is 8. The van der Waals surface area contributed by atoms with Gasteiger partial charge in [0.25, 0.3) is 5.91 Å². The predicted octanol–water partition coefficient (Wildman–Crippen LogP) is 4.33. The fourth-order valence-corrected chi connectivity index (χ4v) is 3.25. The van der Waals surface area contributed by atoms with Gasteiger partial charge in [-0.2, -0.15) is 0 Å². The Labute approximate surface area is 174 Å². The van der Waals surface area contributed by atoms with Gasteiger partial charge in [0, 0.05) is 12.2 Å². The van der Waals surface area contributed by atoms with Crippen LogP contribution in [0.15, 0.2) is 71.3 Å². The second-order valence-corrected chi connectivity index (χ2v) is 7.59. The minimum atomic E-state index is -0.356. The van der Waals surface area contributed by atoms with Crippen LogP contribution in [0.5, 0.6) is 0 Å². The van der Waals surface area contributed by atoms with Gasteiger partial charge in [-0.1, -0.05) is 24.3 Å². The molecule has 0 saturated heterocycles. The first kappa shape index (κ1) is 19.9. The fourth-order valence-electron chi connectivity index (χ4n) is 3.25. The van der Waals surface area contributed by atoms with E-state index < -0.39 is 0 Å². The van der Waals surface area contributed by atoms with Crippen molar-refractivity contribution in [2.75, 3.05) is 11.4 Å². The van der Waals surface area contributed by atoms with Crippen LogP contribution in [0.25, 0.3) is 0 Å². The molecule has 3 aromatic rings. The summed E-state index contributed by atoms with van der Waals surface area (Å²) in [5.41, 5.74) is 2.17. The number of anilines is 1. The van der Waals surface area contributed by atoms with Gasteiger partial charge in [-0.25, -0.2) is 4.39 Å². The number of furan rings is 1. The Bertz CT molecular complexity index is 1010. The minimum absolute atomic E-state index is 0.00192. The summed E-state index contributed by atoms with van der Waals surface area (Å²) in [6, 6.07) is 16.7. The number of carbonyl (C=O) groups excluding carboxylic acids is 2. The first-order chi connectivity index (χ1) is 14.6. The maximum atomic E-state index is 13.6. The zero-order chi connectivity index (χ0) is 20.9. The van der Waals surface area contributed by atoms with Crippen molar-refractivity contribution in [1.29, 1.82) is 0 Å². The van der Waals surface area contributed by atoms with E-state index in [1.54, 1.807) is 36.4 Å². The largest absolute Gasteiger partial charge is 0.459 e. The Morgan fingerprint density at radius 3 is 2.50 bits per heavy atom. The molecule has 1 saturated carbocycles. The molecule has 0 spiro atoms. The summed E-state index contributed by atoms with van der Waals surface area (Å²) >= 11 is 0. The molecule has 0 bridgehead atoms. The summed E-state index contributed by atoms with van der Waals surface area (Å²) in [5, 5.41) is 2.95. The third kappa shape index (κ3) is 5.14. The van der Waals surface area contributed by atoms with Gasteiger partial charge in [0.1, 0.15) is 5.82 Å². The van der Waals surface area contributed by atoms with Gasteiger partial charge in [-0.3, -0.25) is 9.59 Å². The lowest BCUT2D eigenvalue weighted by Crippen LogP contribution is -2.30. The average molecular weight is 406 g/mol. The summed E-state index contributed by atoms with van der Waals surface area (Å²) in [6.45, 7) is 0.939. The van der Waals surface area contributed by atoms with E-state index in [4.69, 9.17) is 4.42 Å². The Morgan fingerprint density at radius 1 is 1.03 bits per heavy atom. The van der Waals surface area contributed by atoms with E-state index in [2.05, 4.69) is 5.32 Å². The number of halogens is 1. The lowest BCUT2D eigenvalue weighted by molar-refractivity contribution is -0.120. The molecule has 0 unspecified atom stereocenters. The van der Waals surface area contributed by atoms with Crippen molar-refractivity contribution in [3.63, 3.8) is 0 Å². The summed E-state index contributed by atoms with van der Waals surface area (Å²) in [7, 11) is 0. The van der Waals surface area contributed by atoms with Gasteiger partial charge in [-0.15, -0.1) is 0 Å². The Hall–Kier alpha value is -3.41. The molecule has 2 amide bonds. The van der Waals surface area contributed by atoms with E-state index in [0.29, 0.717) is 23.6 Å². The van der Waals surface area contributed by atoms with Crippen LogP contribution >= 0.6 is 0 Å². The maximum Gasteiger partial charge on any atom is 0.294 e. The van der Waals surface area contributed by atoms with E-state index >= 15 is 0 Å². The lowest BCUT2D eigenvalue weighted by Gasteiger charge is -2.22. The number of amides is 2. The Kier molecular flexibility index (Phi) is 5.93. The van der Waals surface area contributed by atoms with Crippen molar-refractivity contribution in [3.05, 3.63) is 89.6 Å². The third-order valence-corrected chi connectivity index (χ3v) is 5.10. The average Bonchev–Trinajstić information content (AvgIpc) is 3.41. The smallest absolute Gasteiger partial charge is 0.294 e. The molecule has 6 heteroatoms. The van der Waals surface area contributed by atoms with E-state index in [1.807, 2.05) is 12.1 Å². The van der Waals surface area contributed by atoms with E-state index in [1.165, 1.54) is 36.1 Å². The van der Waals surface area contributed by atoms with E-state index in [0.717, 1.165) is 12.1 Å². The molecule has 1 fully saturated rings. The highest BCUT2D eigenvalue weighted by Gasteiger charge is 2.22. The molecule has 1 heterocycles. The third-order valence-electron chi connectivity index (χ3n) is 5.10. The predicted molar refractivity (Wildman–Crippen MR) is 112 cm³/mol.